The number of ether oxygens (including phenoxy) is 1. The lowest BCUT2D eigenvalue weighted by molar-refractivity contribution is 0.0465. The standard InChI is InChI=1S/C14H28N2O2S/c1-14(2,3)18-13(17)16-12-9-11(10-12)15-7-5-6-8-19-4/h11-12,15H,5-10H2,1-4H3,(H,16,17). The van der Waals surface area contributed by atoms with Crippen molar-refractivity contribution in [1.29, 1.82) is 0 Å². The SMILES string of the molecule is CSCCCCNC1CC(NC(=O)OC(C)(C)C)C1. The summed E-state index contributed by atoms with van der Waals surface area (Å²) in [4.78, 5) is 11.5. The lowest BCUT2D eigenvalue weighted by Crippen LogP contribution is -2.53. The Kier molecular flexibility index (Phi) is 7.00. The monoisotopic (exact) mass is 288 g/mol. The van der Waals surface area contributed by atoms with E-state index in [9.17, 15) is 4.79 Å². The summed E-state index contributed by atoms with van der Waals surface area (Å²) in [5, 5.41) is 6.44. The maximum Gasteiger partial charge on any atom is 0.407 e. The van der Waals surface area contributed by atoms with Gasteiger partial charge in [-0.2, -0.15) is 11.8 Å². The van der Waals surface area contributed by atoms with Crippen molar-refractivity contribution in [2.75, 3.05) is 18.6 Å². The van der Waals surface area contributed by atoms with Crippen molar-refractivity contribution in [1.82, 2.24) is 10.6 Å². The average molecular weight is 288 g/mol. The number of hydrogen-bond acceptors (Lipinski definition) is 4. The molecular weight excluding hydrogens is 260 g/mol. The number of carbonyl (C=O) groups excluding carboxylic acids is 1. The van der Waals surface area contributed by atoms with Crippen LogP contribution in [0.2, 0.25) is 0 Å². The number of thioether (sulfide) groups is 1. The molecule has 1 saturated carbocycles. The van der Waals surface area contributed by atoms with Crippen LogP contribution in [0.25, 0.3) is 0 Å². The quantitative estimate of drug-likeness (QED) is 0.707. The smallest absolute Gasteiger partial charge is 0.407 e. The van der Waals surface area contributed by atoms with Gasteiger partial charge in [-0.1, -0.05) is 0 Å². The number of carbonyl (C=O) groups is 1. The fourth-order valence-electron chi connectivity index (χ4n) is 2.05. The van der Waals surface area contributed by atoms with E-state index in [0.29, 0.717) is 6.04 Å². The summed E-state index contributed by atoms with van der Waals surface area (Å²) in [6.45, 7) is 6.73. The summed E-state index contributed by atoms with van der Waals surface area (Å²) in [6.07, 6.45) is 6.40. The highest BCUT2D eigenvalue weighted by molar-refractivity contribution is 7.98. The Hall–Kier alpha value is -0.420. The Morgan fingerprint density at radius 3 is 2.53 bits per heavy atom. The lowest BCUT2D eigenvalue weighted by Gasteiger charge is -2.36. The Morgan fingerprint density at radius 1 is 1.26 bits per heavy atom. The molecule has 0 bridgehead atoms. The van der Waals surface area contributed by atoms with Crippen LogP contribution in [0.4, 0.5) is 4.79 Å². The summed E-state index contributed by atoms with van der Waals surface area (Å²) in [6, 6.07) is 0.841. The van der Waals surface area contributed by atoms with Crippen LogP contribution in [0.5, 0.6) is 0 Å². The van der Waals surface area contributed by atoms with Crippen LogP contribution in [-0.4, -0.2) is 42.3 Å². The molecule has 112 valence electrons. The molecular formula is C14H28N2O2S. The molecule has 0 spiro atoms. The van der Waals surface area contributed by atoms with E-state index >= 15 is 0 Å². The predicted octanol–water partition coefficient (Wildman–Crippen LogP) is 2.77. The van der Waals surface area contributed by atoms with E-state index in [1.165, 1.54) is 18.6 Å². The largest absolute Gasteiger partial charge is 0.444 e. The van der Waals surface area contributed by atoms with E-state index in [1.54, 1.807) is 0 Å². The number of nitrogens with one attached hydrogen (secondary N) is 2. The molecule has 5 heteroatoms. The number of alkyl carbamates (subject to hydrolysis) is 1. The molecule has 1 aliphatic carbocycles. The van der Waals surface area contributed by atoms with E-state index in [2.05, 4.69) is 16.9 Å². The Bertz CT molecular complexity index is 273. The highest BCUT2D eigenvalue weighted by Gasteiger charge is 2.30. The molecule has 0 radical (unpaired) electrons. The molecule has 0 atom stereocenters. The van der Waals surface area contributed by atoms with Gasteiger partial charge in [-0.25, -0.2) is 4.79 Å². The highest BCUT2D eigenvalue weighted by Crippen LogP contribution is 2.20. The van der Waals surface area contributed by atoms with Crippen molar-refractivity contribution in [3.8, 4) is 0 Å². The van der Waals surface area contributed by atoms with E-state index < -0.39 is 5.60 Å². The molecule has 0 aliphatic heterocycles. The Labute approximate surface area is 121 Å². The van der Waals surface area contributed by atoms with Gasteiger partial charge in [-0.05, 0) is 65.0 Å². The summed E-state index contributed by atoms with van der Waals surface area (Å²) >= 11 is 1.90. The minimum absolute atomic E-state index is 0.276. The number of unbranched alkanes of at least 4 members (excludes halogenated alkanes) is 1. The van der Waals surface area contributed by atoms with E-state index in [0.717, 1.165) is 19.4 Å². The van der Waals surface area contributed by atoms with Gasteiger partial charge in [0.15, 0.2) is 0 Å². The van der Waals surface area contributed by atoms with Gasteiger partial charge in [-0.15, -0.1) is 0 Å². The van der Waals surface area contributed by atoms with Gasteiger partial charge < -0.3 is 15.4 Å². The second-order valence-electron chi connectivity index (χ2n) is 6.17. The fourth-order valence-corrected chi connectivity index (χ4v) is 2.55. The van der Waals surface area contributed by atoms with Crippen LogP contribution < -0.4 is 10.6 Å². The number of amides is 1. The fraction of sp³-hybridized carbons (Fsp3) is 0.929. The first-order valence-corrected chi connectivity index (χ1v) is 8.52. The van der Waals surface area contributed by atoms with Gasteiger partial charge in [0, 0.05) is 12.1 Å². The summed E-state index contributed by atoms with van der Waals surface area (Å²) in [7, 11) is 0. The zero-order valence-electron chi connectivity index (χ0n) is 12.6. The molecule has 0 aromatic carbocycles. The van der Waals surface area contributed by atoms with Crippen molar-refractivity contribution < 1.29 is 9.53 Å². The van der Waals surface area contributed by atoms with Crippen LogP contribution in [0.15, 0.2) is 0 Å². The van der Waals surface area contributed by atoms with Gasteiger partial charge in [0.2, 0.25) is 0 Å². The van der Waals surface area contributed by atoms with E-state index in [-0.39, 0.29) is 12.1 Å². The molecule has 4 nitrogen and oxygen atoms in total. The molecule has 1 aliphatic rings. The second kappa shape index (κ2) is 8.00. The van der Waals surface area contributed by atoms with Gasteiger partial charge >= 0.3 is 6.09 Å². The molecule has 0 unspecified atom stereocenters. The predicted molar refractivity (Wildman–Crippen MR) is 81.8 cm³/mol. The zero-order valence-corrected chi connectivity index (χ0v) is 13.4. The molecule has 1 fully saturated rings. The molecule has 1 rings (SSSR count). The van der Waals surface area contributed by atoms with Crippen molar-refractivity contribution >= 4 is 17.9 Å². The molecule has 0 aromatic rings. The Balaban J connectivity index is 1.99. The minimum Gasteiger partial charge on any atom is -0.444 e. The maximum absolute atomic E-state index is 11.5. The first kappa shape index (κ1) is 16.6. The third kappa shape index (κ3) is 7.67. The molecule has 0 saturated heterocycles. The van der Waals surface area contributed by atoms with Crippen LogP contribution in [0.1, 0.15) is 46.5 Å². The zero-order chi connectivity index (χ0) is 14.3. The Morgan fingerprint density at radius 2 is 1.95 bits per heavy atom. The van der Waals surface area contributed by atoms with Gasteiger partial charge in [-0.3, -0.25) is 0 Å². The molecule has 0 heterocycles. The molecule has 1 amide bonds. The van der Waals surface area contributed by atoms with Crippen LogP contribution in [-0.2, 0) is 4.74 Å². The third-order valence-electron chi connectivity index (χ3n) is 3.07. The van der Waals surface area contributed by atoms with Crippen molar-refractivity contribution in [2.24, 2.45) is 0 Å². The molecule has 2 N–H and O–H groups in total. The maximum atomic E-state index is 11.5. The topological polar surface area (TPSA) is 50.4 Å². The van der Waals surface area contributed by atoms with Crippen LogP contribution in [0.3, 0.4) is 0 Å². The van der Waals surface area contributed by atoms with E-state index in [4.69, 9.17) is 4.74 Å². The molecule has 0 aromatic heterocycles. The summed E-state index contributed by atoms with van der Waals surface area (Å²) in [5.41, 5.74) is -0.414. The average Bonchev–Trinajstić information content (AvgIpc) is 2.22. The third-order valence-corrected chi connectivity index (χ3v) is 3.76. The summed E-state index contributed by atoms with van der Waals surface area (Å²) < 4.78 is 5.23. The van der Waals surface area contributed by atoms with Gasteiger partial charge in [0.1, 0.15) is 5.60 Å². The van der Waals surface area contributed by atoms with Crippen LogP contribution in [0, 0.1) is 0 Å². The van der Waals surface area contributed by atoms with Gasteiger partial charge in [0.25, 0.3) is 0 Å². The summed E-state index contributed by atoms with van der Waals surface area (Å²) in [5.74, 6) is 1.25. The number of hydrogen-bond donors (Lipinski definition) is 2. The van der Waals surface area contributed by atoms with Crippen molar-refractivity contribution in [2.45, 2.75) is 64.1 Å². The van der Waals surface area contributed by atoms with E-state index in [1.807, 2.05) is 32.5 Å². The van der Waals surface area contributed by atoms with Crippen LogP contribution >= 0.6 is 11.8 Å². The normalized spacial score (nSPS) is 22.7. The minimum atomic E-state index is -0.414. The van der Waals surface area contributed by atoms with Crippen molar-refractivity contribution in [3.05, 3.63) is 0 Å². The van der Waals surface area contributed by atoms with Gasteiger partial charge in [0.05, 0.1) is 0 Å². The van der Waals surface area contributed by atoms with Crippen molar-refractivity contribution in [3.63, 3.8) is 0 Å². The first-order chi connectivity index (χ1) is 8.90. The lowest BCUT2D eigenvalue weighted by atomic mass is 9.87. The number of rotatable bonds is 7. The highest BCUT2D eigenvalue weighted by atomic mass is 32.2. The molecule has 19 heavy (non-hydrogen) atoms. The second-order valence-corrected chi connectivity index (χ2v) is 7.15. The first-order valence-electron chi connectivity index (χ1n) is 7.12.